The molecule has 1 aliphatic carbocycles. The number of amides is 4. The summed E-state index contributed by atoms with van der Waals surface area (Å²) in [5, 5.41) is 7.62. The Labute approximate surface area is 234 Å². The zero-order valence-electron chi connectivity index (χ0n) is 23.1. The van der Waals surface area contributed by atoms with Gasteiger partial charge < -0.3 is 26.0 Å². The number of nitrogens with one attached hydrogen (secondary N) is 2. The number of carbonyl (C=O) groups excluding carboxylic acids is 4. The van der Waals surface area contributed by atoms with Crippen molar-refractivity contribution in [2.75, 3.05) is 5.32 Å². The molecule has 2 unspecified atom stereocenters. The van der Waals surface area contributed by atoms with E-state index in [1.807, 2.05) is 60.7 Å². The first kappa shape index (κ1) is 28.6. The molecule has 1 fully saturated rings. The van der Waals surface area contributed by atoms with Gasteiger partial charge in [-0.25, -0.2) is 4.79 Å². The number of nitrogens with two attached hydrogens (primary N) is 1. The molecule has 9 nitrogen and oxygen atoms in total. The highest BCUT2D eigenvalue weighted by Crippen LogP contribution is 2.36. The Morgan fingerprint density at radius 3 is 2.23 bits per heavy atom. The predicted octanol–water partition coefficient (Wildman–Crippen LogP) is 4.67. The molecule has 2 atom stereocenters. The van der Waals surface area contributed by atoms with Gasteiger partial charge in [0.25, 0.3) is 5.91 Å². The second kappa shape index (κ2) is 12.2. The molecule has 3 aromatic rings. The first-order valence-electron chi connectivity index (χ1n) is 13.5. The fourth-order valence-electron chi connectivity index (χ4n) is 4.60. The summed E-state index contributed by atoms with van der Waals surface area (Å²) in [6, 6.07) is 20.3. The molecule has 4 rings (SSSR count). The molecule has 40 heavy (non-hydrogen) atoms. The molecular formula is C31H36N4O5. The average molecular weight is 545 g/mol. The summed E-state index contributed by atoms with van der Waals surface area (Å²) in [5.74, 6) is -1.46. The van der Waals surface area contributed by atoms with Crippen LogP contribution in [-0.4, -0.2) is 46.4 Å². The minimum atomic E-state index is -1.11. The van der Waals surface area contributed by atoms with E-state index in [0.29, 0.717) is 24.1 Å². The lowest BCUT2D eigenvalue weighted by atomic mass is 10.0. The Morgan fingerprint density at radius 2 is 1.60 bits per heavy atom. The lowest BCUT2D eigenvalue weighted by Crippen LogP contribution is -2.53. The van der Waals surface area contributed by atoms with Gasteiger partial charge in [-0.2, -0.15) is 0 Å². The van der Waals surface area contributed by atoms with Crippen molar-refractivity contribution >= 4 is 40.3 Å². The summed E-state index contributed by atoms with van der Waals surface area (Å²) in [6.07, 6.45) is 0.498. The van der Waals surface area contributed by atoms with Crippen LogP contribution in [0.15, 0.2) is 72.8 Å². The van der Waals surface area contributed by atoms with Gasteiger partial charge in [0, 0.05) is 18.2 Å². The fraction of sp³-hybridized carbons (Fsp3) is 0.355. The van der Waals surface area contributed by atoms with Crippen LogP contribution in [0.5, 0.6) is 0 Å². The second-order valence-electron chi connectivity index (χ2n) is 11.0. The molecular weight excluding hydrogens is 508 g/mol. The van der Waals surface area contributed by atoms with E-state index in [2.05, 4.69) is 10.6 Å². The van der Waals surface area contributed by atoms with E-state index in [-0.39, 0.29) is 24.8 Å². The lowest BCUT2D eigenvalue weighted by molar-refractivity contribution is -0.141. The van der Waals surface area contributed by atoms with Gasteiger partial charge in [0.2, 0.25) is 11.8 Å². The third-order valence-corrected chi connectivity index (χ3v) is 6.52. The number of hydrogen-bond donors (Lipinski definition) is 3. The van der Waals surface area contributed by atoms with Gasteiger partial charge in [-0.1, -0.05) is 60.7 Å². The smallest absolute Gasteiger partial charge is 0.408 e. The molecule has 0 spiro atoms. The number of primary amides is 1. The van der Waals surface area contributed by atoms with Gasteiger partial charge in [-0.15, -0.1) is 0 Å². The Morgan fingerprint density at radius 1 is 0.950 bits per heavy atom. The van der Waals surface area contributed by atoms with Crippen molar-refractivity contribution in [1.82, 2.24) is 10.2 Å². The monoisotopic (exact) mass is 544 g/mol. The normalized spacial score (nSPS) is 14.6. The number of fused-ring (bicyclic) bond motifs is 1. The highest BCUT2D eigenvalue weighted by atomic mass is 16.6. The fourth-order valence-corrected chi connectivity index (χ4v) is 4.60. The largest absolute Gasteiger partial charge is 0.444 e. The molecule has 1 saturated carbocycles. The van der Waals surface area contributed by atoms with E-state index < -0.39 is 35.6 Å². The van der Waals surface area contributed by atoms with Gasteiger partial charge >= 0.3 is 6.09 Å². The van der Waals surface area contributed by atoms with Crippen LogP contribution in [-0.2, 0) is 19.1 Å². The molecule has 3 aromatic carbocycles. The Kier molecular flexibility index (Phi) is 8.72. The maximum Gasteiger partial charge on any atom is 0.408 e. The molecule has 0 heterocycles. The number of benzene rings is 3. The van der Waals surface area contributed by atoms with E-state index in [1.54, 1.807) is 32.9 Å². The number of anilines is 1. The lowest BCUT2D eigenvalue weighted by Gasteiger charge is -2.34. The van der Waals surface area contributed by atoms with Crippen LogP contribution < -0.4 is 16.4 Å². The van der Waals surface area contributed by atoms with E-state index in [0.717, 1.165) is 10.8 Å². The van der Waals surface area contributed by atoms with Crippen LogP contribution in [0, 0.1) is 0 Å². The Balaban J connectivity index is 1.66. The third kappa shape index (κ3) is 7.59. The topological polar surface area (TPSA) is 131 Å². The molecule has 0 aliphatic heterocycles. The summed E-state index contributed by atoms with van der Waals surface area (Å²) < 4.78 is 5.37. The molecule has 1 aliphatic rings. The van der Waals surface area contributed by atoms with E-state index in [1.165, 1.54) is 4.90 Å². The molecule has 0 bridgehead atoms. The van der Waals surface area contributed by atoms with Crippen molar-refractivity contribution in [3.05, 3.63) is 78.4 Å². The number of ether oxygens (including phenoxy) is 1. The maximum absolute atomic E-state index is 14.1. The maximum atomic E-state index is 14.1. The molecule has 0 aromatic heterocycles. The standard InChI is InChI=1S/C31H36N4O5/c1-31(2,3)40-30(39)34-25(17-18-26(32)36)29(38)35(24-15-16-24)27(21-10-5-4-6-11-21)28(37)33-23-14-13-20-9-7-8-12-22(20)19-23/h4-14,19,24-25,27H,15-18H2,1-3H3,(H2,32,36)(H,33,37)(H,34,39). The number of carbonyl (C=O) groups is 4. The molecule has 4 N–H and O–H groups in total. The Hall–Kier alpha value is -4.40. The zero-order chi connectivity index (χ0) is 28.9. The van der Waals surface area contributed by atoms with Crippen molar-refractivity contribution in [3.63, 3.8) is 0 Å². The third-order valence-electron chi connectivity index (χ3n) is 6.52. The van der Waals surface area contributed by atoms with Crippen LogP contribution in [0.1, 0.15) is 58.1 Å². The number of nitrogens with zero attached hydrogens (tertiary/aromatic N) is 1. The minimum absolute atomic E-state index is 0.0234. The molecule has 9 heteroatoms. The zero-order valence-corrected chi connectivity index (χ0v) is 23.1. The van der Waals surface area contributed by atoms with E-state index >= 15 is 0 Å². The number of hydrogen-bond acceptors (Lipinski definition) is 5. The van der Waals surface area contributed by atoms with E-state index in [9.17, 15) is 19.2 Å². The van der Waals surface area contributed by atoms with Crippen molar-refractivity contribution in [1.29, 1.82) is 0 Å². The Bertz CT molecular complexity index is 1380. The van der Waals surface area contributed by atoms with Crippen molar-refractivity contribution in [2.24, 2.45) is 5.73 Å². The number of alkyl carbamates (subject to hydrolysis) is 1. The molecule has 4 amide bonds. The molecule has 210 valence electrons. The second-order valence-corrected chi connectivity index (χ2v) is 11.0. The quantitative estimate of drug-likeness (QED) is 0.341. The highest BCUT2D eigenvalue weighted by molar-refractivity contribution is 6.00. The molecule has 0 saturated heterocycles. The molecule has 0 radical (unpaired) electrons. The van der Waals surface area contributed by atoms with Gasteiger partial charge in [-0.3, -0.25) is 14.4 Å². The van der Waals surface area contributed by atoms with Crippen LogP contribution in [0.2, 0.25) is 0 Å². The van der Waals surface area contributed by atoms with E-state index in [4.69, 9.17) is 10.5 Å². The summed E-state index contributed by atoms with van der Waals surface area (Å²) in [6.45, 7) is 5.14. The first-order chi connectivity index (χ1) is 19.0. The summed E-state index contributed by atoms with van der Waals surface area (Å²) in [5.41, 5.74) is 5.82. The summed E-state index contributed by atoms with van der Waals surface area (Å²) in [7, 11) is 0. The SMILES string of the molecule is CC(C)(C)OC(=O)NC(CCC(N)=O)C(=O)N(C1CC1)C(C(=O)Nc1ccc2ccccc2c1)c1ccccc1. The number of rotatable bonds is 10. The summed E-state index contributed by atoms with van der Waals surface area (Å²) >= 11 is 0. The van der Waals surface area contributed by atoms with Crippen LogP contribution >= 0.6 is 0 Å². The van der Waals surface area contributed by atoms with Gasteiger partial charge in [-0.05, 0) is 68.5 Å². The van der Waals surface area contributed by atoms with Gasteiger partial charge in [0.05, 0.1) is 0 Å². The predicted molar refractivity (Wildman–Crippen MR) is 153 cm³/mol. The van der Waals surface area contributed by atoms with Crippen LogP contribution in [0.3, 0.4) is 0 Å². The van der Waals surface area contributed by atoms with Crippen molar-refractivity contribution in [3.8, 4) is 0 Å². The highest BCUT2D eigenvalue weighted by Gasteiger charge is 2.44. The van der Waals surface area contributed by atoms with Gasteiger partial charge in [0.1, 0.15) is 17.7 Å². The van der Waals surface area contributed by atoms with Gasteiger partial charge in [0.15, 0.2) is 0 Å². The van der Waals surface area contributed by atoms with Crippen LogP contribution in [0.25, 0.3) is 10.8 Å². The minimum Gasteiger partial charge on any atom is -0.444 e. The van der Waals surface area contributed by atoms with Crippen molar-refractivity contribution in [2.45, 2.75) is 70.2 Å². The summed E-state index contributed by atoms with van der Waals surface area (Å²) in [4.78, 5) is 53.8. The average Bonchev–Trinajstić information content (AvgIpc) is 3.73. The first-order valence-corrected chi connectivity index (χ1v) is 13.5. The van der Waals surface area contributed by atoms with Crippen molar-refractivity contribution < 1.29 is 23.9 Å². The van der Waals surface area contributed by atoms with Crippen LogP contribution in [0.4, 0.5) is 10.5 Å².